The SMILES string of the molecule is N#Cc1ccc(Cn2cnnc2CN(Cc2ccc(Cl)cc2Cl)C(=O)c2ccc3ccccc3n2)cc1. The second kappa shape index (κ2) is 10.8. The van der Waals surface area contributed by atoms with Crippen molar-refractivity contribution in [2.24, 2.45) is 0 Å². The highest BCUT2D eigenvalue weighted by atomic mass is 35.5. The summed E-state index contributed by atoms with van der Waals surface area (Å²) in [4.78, 5) is 20.0. The van der Waals surface area contributed by atoms with Gasteiger partial charge in [0.1, 0.15) is 12.0 Å². The summed E-state index contributed by atoms with van der Waals surface area (Å²) >= 11 is 12.5. The number of benzene rings is 3. The van der Waals surface area contributed by atoms with E-state index in [4.69, 9.17) is 28.5 Å². The first-order valence-electron chi connectivity index (χ1n) is 11.4. The molecule has 0 aliphatic heterocycles. The molecule has 2 heterocycles. The molecule has 0 spiro atoms. The summed E-state index contributed by atoms with van der Waals surface area (Å²) in [6.07, 6.45) is 1.62. The van der Waals surface area contributed by atoms with E-state index in [0.717, 1.165) is 22.0 Å². The molecular formula is C28H20Cl2N6O. The van der Waals surface area contributed by atoms with Crippen molar-refractivity contribution in [3.8, 4) is 6.07 Å². The lowest BCUT2D eigenvalue weighted by Crippen LogP contribution is -2.32. The highest BCUT2D eigenvalue weighted by molar-refractivity contribution is 6.35. The molecule has 0 radical (unpaired) electrons. The Bertz CT molecular complexity index is 1620. The van der Waals surface area contributed by atoms with Gasteiger partial charge in [-0.2, -0.15) is 5.26 Å². The number of nitriles is 1. The number of hydrogen-bond donors (Lipinski definition) is 0. The van der Waals surface area contributed by atoms with Gasteiger partial charge in [0.05, 0.1) is 30.2 Å². The van der Waals surface area contributed by atoms with Crippen LogP contribution in [0.15, 0.2) is 85.2 Å². The third-order valence-electron chi connectivity index (χ3n) is 5.95. The van der Waals surface area contributed by atoms with Crippen LogP contribution in [0.3, 0.4) is 0 Å². The van der Waals surface area contributed by atoms with Gasteiger partial charge >= 0.3 is 0 Å². The molecule has 0 N–H and O–H groups in total. The molecule has 0 aliphatic carbocycles. The number of halogens is 2. The van der Waals surface area contributed by atoms with Crippen molar-refractivity contribution < 1.29 is 4.79 Å². The molecule has 3 aromatic carbocycles. The number of pyridine rings is 1. The van der Waals surface area contributed by atoms with Gasteiger partial charge in [-0.1, -0.05) is 65.7 Å². The van der Waals surface area contributed by atoms with Crippen LogP contribution in [0.1, 0.15) is 33.0 Å². The topological polar surface area (TPSA) is 87.7 Å². The van der Waals surface area contributed by atoms with Crippen LogP contribution in [0.4, 0.5) is 0 Å². The Labute approximate surface area is 223 Å². The van der Waals surface area contributed by atoms with Crippen LogP contribution >= 0.6 is 23.2 Å². The summed E-state index contributed by atoms with van der Waals surface area (Å²) in [6, 6.07) is 25.9. The monoisotopic (exact) mass is 526 g/mol. The number of para-hydroxylation sites is 1. The van der Waals surface area contributed by atoms with Crippen molar-refractivity contribution in [3.05, 3.63) is 123 Å². The van der Waals surface area contributed by atoms with E-state index in [9.17, 15) is 4.79 Å². The van der Waals surface area contributed by atoms with Crippen LogP contribution in [0, 0.1) is 11.3 Å². The molecule has 5 rings (SSSR count). The first-order valence-corrected chi connectivity index (χ1v) is 12.2. The average Bonchev–Trinajstić information content (AvgIpc) is 3.35. The molecule has 5 aromatic rings. The summed E-state index contributed by atoms with van der Waals surface area (Å²) < 4.78 is 1.87. The summed E-state index contributed by atoms with van der Waals surface area (Å²) in [5.74, 6) is 0.341. The van der Waals surface area contributed by atoms with Crippen molar-refractivity contribution in [1.82, 2.24) is 24.6 Å². The lowest BCUT2D eigenvalue weighted by molar-refractivity contribution is 0.0718. The minimum atomic E-state index is -0.260. The third-order valence-corrected chi connectivity index (χ3v) is 6.53. The van der Waals surface area contributed by atoms with Crippen molar-refractivity contribution in [2.75, 3.05) is 0 Å². The number of fused-ring (bicyclic) bond motifs is 1. The number of carbonyl (C=O) groups excluding carboxylic acids is 1. The van der Waals surface area contributed by atoms with E-state index in [-0.39, 0.29) is 19.0 Å². The van der Waals surface area contributed by atoms with Gasteiger partial charge in [0.15, 0.2) is 5.82 Å². The zero-order valence-electron chi connectivity index (χ0n) is 19.6. The van der Waals surface area contributed by atoms with E-state index >= 15 is 0 Å². The van der Waals surface area contributed by atoms with Gasteiger partial charge in [-0.25, -0.2) is 4.98 Å². The normalized spacial score (nSPS) is 10.8. The first kappa shape index (κ1) is 24.4. The number of amides is 1. The van der Waals surface area contributed by atoms with E-state index in [1.54, 1.807) is 47.6 Å². The fourth-order valence-electron chi connectivity index (χ4n) is 3.99. The highest BCUT2D eigenvalue weighted by Crippen LogP contribution is 2.24. The minimum Gasteiger partial charge on any atom is -0.325 e. The summed E-state index contributed by atoms with van der Waals surface area (Å²) in [7, 11) is 0. The fraction of sp³-hybridized carbons (Fsp3) is 0.107. The van der Waals surface area contributed by atoms with Crippen LogP contribution in [0.2, 0.25) is 10.0 Å². The minimum absolute atomic E-state index is 0.183. The van der Waals surface area contributed by atoms with Crippen LogP contribution in [-0.4, -0.2) is 30.6 Å². The maximum atomic E-state index is 13.7. The zero-order valence-corrected chi connectivity index (χ0v) is 21.1. The molecule has 7 nitrogen and oxygen atoms in total. The van der Waals surface area contributed by atoms with Crippen molar-refractivity contribution in [2.45, 2.75) is 19.6 Å². The molecule has 0 fully saturated rings. The molecule has 0 atom stereocenters. The van der Waals surface area contributed by atoms with Crippen molar-refractivity contribution in [1.29, 1.82) is 5.26 Å². The van der Waals surface area contributed by atoms with Gasteiger partial charge in [-0.3, -0.25) is 4.79 Å². The largest absolute Gasteiger partial charge is 0.325 e. The summed E-state index contributed by atoms with van der Waals surface area (Å²) in [5.41, 5.74) is 3.38. The van der Waals surface area contributed by atoms with Crippen LogP contribution in [0.5, 0.6) is 0 Å². The Morgan fingerprint density at radius 1 is 0.973 bits per heavy atom. The van der Waals surface area contributed by atoms with E-state index in [1.807, 2.05) is 47.0 Å². The van der Waals surface area contributed by atoms with E-state index < -0.39 is 0 Å². The van der Waals surface area contributed by atoms with Crippen LogP contribution in [-0.2, 0) is 19.6 Å². The maximum Gasteiger partial charge on any atom is 0.273 e. The van der Waals surface area contributed by atoms with E-state index in [2.05, 4.69) is 21.3 Å². The lowest BCUT2D eigenvalue weighted by Gasteiger charge is -2.23. The van der Waals surface area contributed by atoms with E-state index in [0.29, 0.717) is 33.7 Å². The standard InChI is InChI=1S/C28H20Cl2N6O/c29-23-11-9-22(24(30)13-23)16-35(28(37)26-12-10-21-3-1-2-4-25(21)33-26)17-27-34-32-18-36(27)15-20-7-5-19(14-31)6-8-20/h1-13,18H,15-17H2. The molecule has 0 saturated heterocycles. The Morgan fingerprint density at radius 2 is 1.78 bits per heavy atom. The highest BCUT2D eigenvalue weighted by Gasteiger charge is 2.22. The quantitative estimate of drug-likeness (QED) is 0.263. The number of aromatic nitrogens is 4. The molecule has 37 heavy (non-hydrogen) atoms. The van der Waals surface area contributed by atoms with Crippen LogP contribution in [0.25, 0.3) is 10.9 Å². The molecule has 9 heteroatoms. The van der Waals surface area contributed by atoms with Gasteiger partial charge in [0, 0.05) is 22.0 Å². The molecule has 0 aliphatic rings. The predicted molar refractivity (Wildman–Crippen MR) is 142 cm³/mol. The van der Waals surface area contributed by atoms with Crippen molar-refractivity contribution >= 4 is 40.0 Å². The number of rotatable bonds is 7. The molecule has 0 unspecified atom stereocenters. The van der Waals surface area contributed by atoms with Crippen molar-refractivity contribution in [3.63, 3.8) is 0 Å². The average molecular weight is 527 g/mol. The number of carbonyl (C=O) groups is 1. The number of nitrogens with zero attached hydrogens (tertiary/aromatic N) is 6. The van der Waals surface area contributed by atoms with Gasteiger partial charge in [0.2, 0.25) is 0 Å². The lowest BCUT2D eigenvalue weighted by atomic mass is 10.1. The predicted octanol–water partition coefficient (Wildman–Crippen LogP) is 5.90. The third kappa shape index (κ3) is 5.61. The molecule has 1 amide bonds. The molecule has 182 valence electrons. The molecule has 0 saturated carbocycles. The van der Waals surface area contributed by atoms with Gasteiger partial charge in [-0.15, -0.1) is 10.2 Å². The second-order valence-electron chi connectivity index (χ2n) is 8.47. The maximum absolute atomic E-state index is 13.7. The van der Waals surface area contributed by atoms with Gasteiger partial charge in [-0.05, 0) is 47.5 Å². The molecule has 0 bridgehead atoms. The molecular weight excluding hydrogens is 507 g/mol. The van der Waals surface area contributed by atoms with E-state index in [1.165, 1.54) is 0 Å². The summed E-state index contributed by atoms with van der Waals surface area (Å²) in [6.45, 7) is 0.904. The Kier molecular flexibility index (Phi) is 7.13. The van der Waals surface area contributed by atoms with Gasteiger partial charge in [0.25, 0.3) is 5.91 Å². The number of hydrogen-bond acceptors (Lipinski definition) is 5. The van der Waals surface area contributed by atoms with Crippen LogP contribution < -0.4 is 0 Å². The smallest absolute Gasteiger partial charge is 0.273 e. The summed E-state index contributed by atoms with van der Waals surface area (Å²) in [5, 5.41) is 19.4. The Morgan fingerprint density at radius 3 is 2.57 bits per heavy atom. The fourth-order valence-corrected chi connectivity index (χ4v) is 4.46. The molecule has 2 aromatic heterocycles. The zero-order chi connectivity index (χ0) is 25.8. The van der Waals surface area contributed by atoms with Gasteiger partial charge < -0.3 is 9.47 Å². The first-order chi connectivity index (χ1) is 18.0. The second-order valence-corrected chi connectivity index (χ2v) is 9.31. The Balaban J connectivity index is 1.46. The Hall–Kier alpha value is -4.25.